The lowest BCUT2D eigenvalue weighted by Crippen LogP contribution is -2.52. The normalized spacial score (nSPS) is 24.7. The highest BCUT2D eigenvalue weighted by Gasteiger charge is 2.65. The first-order chi connectivity index (χ1) is 19.3. The van der Waals surface area contributed by atoms with Crippen molar-refractivity contribution in [2.75, 3.05) is 31.1 Å². The zero-order valence-corrected chi connectivity index (χ0v) is 25.4. The largest absolute Gasteiger partial charge is 0.343 e. The number of urea groups is 1. The van der Waals surface area contributed by atoms with Gasteiger partial charge in [0, 0.05) is 43.7 Å². The fraction of sp³-hybridized carbons (Fsp3) is 0.516. The second-order valence-corrected chi connectivity index (χ2v) is 13.6. The summed E-state index contributed by atoms with van der Waals surface area (Å²) >= 11 is 12.6. The number of rotatable bonds is 4. The number of piperidine rings is 1. The van der Waals surface area contributed by atoms with Gasteiger partial charge in [0.05, 0.1) is 16.8 Å². The van der Waals surface area contributed by atoms with E-state index < -0.39 is 29.2 Å². The van der Waals surface area contributed by atoms with Gasteiger partial charge in [0.1, 0.15) is 11.2 Å². The zero-order chi connectivity index (χ0) is 29.7. The SMILES string of the molecule is CC(=O)N1CCC(CNC(=O)N2C(=O)[C@]3(c4ccc(Cl)cc42)[C@H](CC(C)(C)C)CN[C@@H]3c2cccc(Cl)c2F)CC1. The Morgan fingerprint density at radius 2 is 1.85 bits per heavy atom. The molecule has 4 amide bonds. The van der Waals surface area contributed by atoms with E-state index >= 15 is 4.39 Å². The predicted molar refractivity (Wildman–Crippen MR) is 159 cm³/mol. The third kappa shape index (κ3) is 5.35. The number of amides is 4. The van der Waals surface area contributed by atoms with Crippen LogP contribution in [0.4, 0.5) is 14.9 Å². The Morgan fingerprint density at radius 1 is 1.15 bits per heavy atom. The van der Waals surface area contributed by atoms with Crippen LogP contribution in [0.3, 0.4) is 0 Å². The summed E-state index contributed by atoms with van der Waals surface area (Å²) in [4.78, 5) is 43.3. The Bertz CT molecular complexity index is 1370. The van der Waals surface area contributed by atoms with Crippen molar-refractivity contribution in [1.29, 1.82) is 0 Å². The third-order valence-electron chi connectivity index (χ3n) is 8.83. The molecule has 0 aromatic heterocycles. The van der Waals surface area contributed by atoms with Gasteiger partial charge in [-0.05, 0) is 60.3 Å². The second-order valence-electron chi connectivity index (χ2n) is 12.8. The van der Waals surface area contributed by atoms with Crippen molar-refractivity contribution in [3.8, 4) is 0 Å². The van der Waals surface area contributed by atoms with Crippen LogP contribution in [0.2, 0.25) is 10.0 Å². The van der Waals surface area contributed by atoms with Crippen LogP contribution in [-0.2, 0) is 15.0 Å². The molecule has 2 aromatic rings. The van der Waals surface area contributed by atoms with Crippen molar-refractivity contribution in [2.24, 2.45) is 17.3 Å². The number of hydrogen-bond acceptors (Lipinski definition) is 4. The molecule has 0 unspecified atom stereocenters. The summed E-state index contributed by atoms with van der Waals surface area (Å²) in [5.41, 5.74) is -0.0223. The molecule has 2 fully saturated rings. The molecule has 3 aliphatic rings. The Labute approximate surface area is 250 Å². The monoisotopic (exact) mass is 602 g/mol. The van der Waals surface area contributed by atoms with Gasteiger partial charge in [-0.3, -0.25) is 9.59 Å². The number of likely N-dealkylation sites (tertiary alicyclic amines) is 1. The molecule has 3 atom stereocenters. The molecule has 7 nitrogen and oxygen atoms in total. The smallest absolute Gasteiger partial charge is 0.328 e. The molecule has 0 aliphatic carbocycles. The highest BCUT2D eigenvalue weighted by Crippen LogP contribution is 2.58. The summed E-state index contributed by atoms with van der Waals surface area (Å²) in [5, 5.41) is 6.80. The summed E-state index contributed by atoms with van der Waals surface area (Å²) in [6.45, 7) is 10.0. The minimum atomic E-state index is -1.25. The lowest BCUT2D eigenvalue weighted by Gasteiger charge is -2.38. The van der Waals surface area contributed by atoms with Gasteiger partial charge in [-0.1, -0.05) is 62.2 Å². The van der Waals surface area contributed by atoms with E-state index in [9.17, 15) is 14.4 Å². The van der Waals surface area contributed by atoms with Crippen LogP contribution in [0, 0.1) is 23.1 Å². The maximum atomic E-state index is 15.6. The first kappa shape index (κ1) is 29.8. The van der Waals surface area contributed by atoms with Crippen LogP contribution in [0.25, 0.3) is 0 Å². The molecule has 2 N–H and O–H groups in total. The van der Waals surface area contributed by atoms with E-state index in [0.717, 1.165) is 12.8 Å². The minimum absolute atomic E-state index is 0.0223. The fourth-order valence-corrected chi connectivity index (χ4v) is 7.32. The minimum Gasteiger partial charge on any atom is -0.343 e. The van der Waals surface area contributed by atoms with Gasteiger partial charge >= 0.3 is 6.03 Å². The van der Waals surface area contributed by atoms with Crippen molar-refractivity contribution < 1.29 is 18.8 Å². The average molecular weight is 604 g/mol. The van der Waals surface area contributed by atoms with Crippen LogP contribution >= 0.6 is 23.2 Å². The van der Waals surface area contributed by atoms with Gasteiger partial charge in [0.2, 0.25) is 11.8 Å². The Hall–Kier alpha value is -2.68. The van der Waals surface area contributed by atoms with Crippen LogP contribution in [-0.4, -0.2) is 48.9 Å². The summed E-state index contributed by atoms with van der Waals surface area (Å²) in [6.07, 6.45) is 2.21. The first-order valence-corrected chi connectivity index (χ1v) is 15.0. The molecular formula is C31H37Cl2FN4O3. The van der Waals surface area contributed by atoms with Gasteiger partial charge in [0.15, 0.2) is 0 Å². The first-order valence-electron chi connectivity index (χ1n) is 14.2. The summed E-state index contributed by atoms with van der Waals surface area (Å²) in [7, 11) is 0. The predicted octanol–water partition coefficient (Wildman–Crippen LogP) is 6.08. The van der Waals surface area contributed by atoms with Gasteiger partial charge < -0.3 is 15.5 Å². The average Bonchev–Trinajstić information content (AvgIpc) is 3.39. The highest BCUT2D eigenvalue weighted by molar-refractivity contribution is 6.32. The summed E-state index contributed by atoms with van der Waals surface area (Å²) in [6, 6.07) is 8.71. The molecule has 2 aromatic carbocycles. The van der Waals surface area contributed by atoms with Crippen molar-refractivity contribution in [3.63, 3.8) is 0 Å². The number of nitrogens with zero attached hydrogens (tertiary/aromatic N) is 2. The second kappa shape index (κ2) is 11.2. The molecule has 1 spiro atoms. The number of carbonyl (C=O) groups is 3. The Balaban J connectivity index is 1.53. The van der Waals surface area contributed by atoms with Gasteiger partial charge in [-0.25, -0.2) is 14.1 Å². The van der Waals surface area contributed by atoms with Crippen LogP contribution in [0.1, 0.15) is 64.1 Å². The molecule has 5 rings (SSSR count). The summed E-state index contributed by atoms with van der Waals surface area (Å²) in [5.74, 6) is -0.968. The van der Waals surface area contributed by atoms with Crippen molar-refractivity contribution in [2.45, 2.75) is 58.4 Å². The van der Waals surface area contributed by atoms with E-state index in [0.29, 0.717) is 54.4 Å². The molecule has 3 heterocycles. The molecule has 3 aliphatic heterocycles. The third-order valence-corrected chi connectivity index (χ3v) is 9.35. The van der Waals surface area contributed by atoms with Crippen molar-refractivity contribution in [3.05, 3.63) is 63.4 Å². The Morgan fingerprint density at radius 3 is 2.51 bits per heavy atom. The molecule has 10 heteroatoms. The highest BCUT2D eigenvalue weighted by atomic mass is 35.5. The van der Waals surface area contributed by atoms with E-state index in [1.807, 2.05) is 4.90 Å². The maximum absolute atomic E-state index is 15.6. The van der Waals surface area contributed by atoms with E-state index in [1.54, 1.807) is 37.3 Å². The number of anilines is 1. The number of carbonyl (C=O) groups excluding carboxylic acids is 3. The van der Waals surface area contributed by atoms with Crippen LogP contribution in [0.5, 0.6) is 0 Å². The zero-order valence-electron chi connectivity index (χ0n) is 23.9. The standard InChI is InChI=1S/C31H37Cl2FN4O3/c1-18(39)37-12-10-19(11-13-37)16-36-29(41)38-25-14-21(32)8-9-23(25)31(28(38)40)20(15-30(2,3)4)17-35-27(31)22-6-5-7-24(33)26(22)34/h5-9,14,19-20,27,35H,10-13,15-17H2,1-4H3,(H,36,41)/t20-,27-,31+/m1/s1. The fourth-order valence-electron chi connectivity index (χ4n) is 6.98. The number of hydrogen-bond donors (Lipinski definition) is 2. The van der Waals surface area contributed by atoms with Gasteiger partial charge in [-0.15, -0.1) is 0 Å². The number of imide groups is 1. The lowest BCUT2D eigenvalue weighted by molar-refractivity contribution is -0.130. The van der Waals surface area contributed by atoms with Crippen LogP contribution < -0.4 is 15.5 Å². The van der Waals surface area contributed by atoms with Crippen molar-refractivity contribution in [1.82, 2.24) is 15.5 Å². The van der Waals surface area contributed by atoms with E-state index in [4.69, 9.17) is 23.2 Å². The lowest BCUT2D eigenvalue weighted by atomic mass is 9.63. The number of halogens is 3. The molecule has 0 radical (unpaired) electrons. The Kier molecular flexibility index (Phi) is 8.14. The van der Waals surface area contributed by atoms with Crippen LogP contribution in [0.15, 0.2) is 36.4 Å². The number of benzene rings is 2. The topological polar surface area (TPSA) is 81.8 Å². The van der Waals surface area contributed by atoms with E-state index in [2.05, 4.69) is 31.4 Å². The van der Waals surface area contributed by atoms with Crippen molar-refractivity contribution >= 4 is 46.7 Å². The van der Waals surface area contributed by atoms with E-state index in [-0.39, 0.29) is 28.2 Å². The van der Waals surface area contributed by atoms with Gasteiger partial charge in [0.25, 0.3) is 0 Å². The molecule has 2 saturated heterocycles. The molecule has 41 heavy (non-hydrogen) atoms. The van der Waals surface area contributed by atoms with Gasteiger partial charge in [-0.2, -0.15) is 0 Å². The van der Waals surface area contributed by atoms with E-state index in [1.165, 1.54) is 11.0 Å². The molecule has 0 bridgehead atoms. The number of nitrogens with one attached hydrogen (secondary N) is 2. The molecule has 0 saturated carbocycles. The molecular weight excluding hydrogens is 566 g/mol. The quantitative estimate of drug-likeness (QED) is 0.444. The summed E-state index contributed by atoms with van der Waals surface area (Å²) < 4.78 is 15.6. The number of fused-ring (bicyclic) bond motifs is 2. The maximum Gasteiger partial charge on any atom is 0.328 e. The molecule has 220 valence electrons.